The van der Waals surface area contributed by atoms with E-state index in [-0.39, 0.29) is 32.7 Å². The molecule has 12 heteroatoms. The number of nitrogens with zero attached hydrogens (tertiary/aromatic N) is 1. The average molecular weight is 524 g/mol. The van der Waals surface area contributed by atoms with E-state index < -0.39 is 21.9 Å². The highest BCUT2D eigenvalue weighted by molar-refractivity contribution is 7.86. The molecule has 2 rings (SSSR count). The summed E-state index contributed by atoms with van der Waals surface area (Å²) in [6.45, 7) is 10.3. The molecule has 0 saturated carbocycles. The zero-order valence-corrected chi connectivity index (χ0v) is 21.6. The van der Waals surface area contributed by atoms with Gasteiger partial charge in [-0.3, -0.25) is 4.72 Å². The Morgan fingerprint density at radius 2 is 1.82 bits per heavy atom. The van der Waals surface area contributed by atoms with Crippen LogP contribution in [0.5, 0.6) is 0 Å². The molecule has 1 unspecified atom stereocenters. The van der Waals surface area contributed by atoms with E-state index in [1.165, 1.54) is 12.1 Å². The minimum absolute atomic E-state index is 0.0666. The van der Waals surface area contributed by atoms with Crippen LogP contribution in [0.1, 0.15) is 40.5 Å². The Hall–Kier alpha value is -1.37. The van der Waals surface area contributed by atoms with Crippen LogP contribution >= 0.6 is 22.9 Å². The number of rotatable bonds is 14. The standard InChI is InChI=1S/C21H32ClF2N5O2S2/c1-20(2,12-28-21(3,4)13-30)27-8-6-5-7-25-16-10-15(23)17(9-14(16)22)33(31)29-19-26-11-18(24)32-19/h9-11,25,27-28,30H,5-8,12-13H2,1-4H3,(H,26,29). The second-order valence-electron chi connectivity index (χ2n) is 8.94. The van der Waals surface area contributed by atoms with E-state index in [1.54, 1.807) is 0 Å². The van der Waals surface area contributed by atoms with E-state index in [2.05, 4.69) is 39.5 Å². The average Bonchev–Trinajstić information content (AvgIpc) is 3.15. The first-order chi connectivity index (χ1) is 15.4. The van der Waals surface area contributed by atoms with Gasteiger partial charge in [-0.05, 0) is 59.2 Å². The third-order valence-corrected chi connectivity index (χ3v) is 7.04. The van der Waals surface area contributed by atoms with Crippen molar-refractivity contribution in [3.8, 4) is 0 Å². The minimum Gasteiger partial charge on any atom is -0.394 e. The molecule has 0 amide bonds. The molecule has 1 atom stereocenters. The first-order valence-corrected chi connectivity index (χ1v) is 12.9. The van der Waals surface area contributed by atoms with Gasteiger partial charge in [-0.25, -0.2) is 13.6 Å². The molecule has 2 aromatic rings. The number of aromatic nitrogens is 1. The molecule has 0 aliphatic heterocycles. The van der Waals surface area contributed by atoms with Crippen molar-refractivity contribution in [3.63, 3.8) is 0 Å². The number of benzene rings is 1. The molecule has 1 heterocycles. The molecule has 0 spiro atoms. The molecule has 1 aromatic carbocycles. The lowest BCUT2D eigenvalue weighted by atomic mass is 10.0. The minimum atomic E-state index is -1.96. The predicted octanol–water partition coefficient (Wildman–Crippen LogP) is 4.13. The van der Waals surface area contributed by atoms with Crippen LogP contribution in [-0.4, -0.2) is 51.6 Å². The van der Waals surface area contributed by atoms with E-state index in [0.717, 1.165) is 25.6 Å². The highest BCUT2D eigenvalue weighted by Crippen LogP contribution is 2.28. The van der Waals surface area contributed by atoms with Crippen LogP contribution in [-0.2, 0) is 11.0 Å². The van der Waals surface area contributed by atoms with Crippen LogP contribution in [0.3, 0.4) is 0 Å². The second kappa shape index (κ2) is 12.4. The van der Waals surface area contributed by atoms with E-state index in [4.69, 9.17) is 11.6 Å². The number of thiazole rings is 1. The Morgan fingerprint density at radius 3 is 2.45 bits per heavy atom. The molecule has 0 bridgehead atoms. The molecule has 33 heavy (non-hydrogen) atoms. The number of anilines is 2. The molecule has 1 aromatic heterocycles. The summed E-state index contributed by atoms with van der Waals surface area (Å²) in [5.74, 6) is -0.688. The van der Waals surface area contributed by atoms with Crippen LogP contribution in [0.2, 0.25) is 5.02 Å². The lowest BCUT2D eigenvalue weighted by Crippen LogP contribution is -2.54. The molecule has 0 fully saturated rings. The van der Waals surface area contributed by atoms with E-state index >= 15 is 0 Å². The molecule has 0 aliphatic carbocycles. The van der Waals surface area contributed by atoms with Gasteiger partial charge in [0.2, 0.25) is 0 Å². The van der Waals surface area contributed by atoms with Crippen LogP contribution < -0.4 is 20.7 Å². The lowest BCUT2D eigenvalue weighted by molar-refractivity contribution is 0.177. The smallest absolute Gasteiger partial charge is 0.198 e. The van der Waals surface area contributed by atoms with E-state index in [0.29, 0.717) is 30.1 Å². The van der Waals surface area contributed by atoms with Crippen LogP contribution in [0.15, 0.2) is 23.2 Å². The van der Waals surface area contributed by atoms with Gasteiger partial charge < -0.3 is 21.1 Å². The van der Waals surface area contributed by atoms with Gasteiger partial charge in [0.05, 0.1) is 28.4 Å². The largest absolute Gasteiger partial charge is 0.394 e. The zero-order valence-electron chi connectivity index (χ0n) is 19.2. The molecule has 7 nitrogen and oxygen atoms in total. The SMILES string of the molecule is CC(C)(CO)NCC(C)(C)NCCCCNc1cc(F)c(S(=O)Nc2ncc(F)s2)cc1Cl. The molecular weight excluding hydrogens is 492 g/mol. The summed E-state index contributed by atoms with van der Waals surface area (Å²) in [6, 6.07) is 2.49. The van der Waals surface area contributed by atoms with Gasteiger partial charge in [0.25, 0.3) is 0 Å². The monoisotopic (exact) mass is 523 g/mol. The first-order valence-electron chi connectivity index (χ1n) is 10.6. The number of aliphatic hydroxyl groups is 1. The molecule has 186 valence electrons. The summed E-state index contributed by atoms with van der Waals surface area (Å²) in [6.07, 6.45) is 2.73. The van der Waals surface area contributed by atoms with Crippen molar-refractivity contribution in [3.05, 3.63) is 34.3 Å². The third kappa shape index (κ3) is 9.42. The third-order valence-electron chi connectivity index (χ3n) is 4.81. The predicted molar refractivity (Wildman–Crippen MR) is 132 cm³/mol. The van der Waals surface area contributed by atoms with Crippen molar-refractivity contribution >= 4 is 44.7 Å². The maximum atomic E-state index is 14.5. The summed E-state index contributed by atoms with van der Waals surface area (Å²) in [4.78, 5) is 3.57. The van der Waals surface area contributed by atoms with Crippen molar-refractivity contribution < 1.29 is 18.1 Å². The Morgan fingerprint density at radius 1 is 1.12 bits per heavy atom. The van der Waals surface area contributed by atoms with E-state index in [9.17, 15) is 18.1 Å². The number of hydrogen-bond acceptors (Lipinski definition) is 7. The quantitative estimate of drug-likeness (QED) is 0.239. The normalized spacial score (nSPS) is 13.2. The van der Waals surface area contributed by atoms with Gasteiger partial charge >= 0.3 is 0 Å². The number of aliphatic hydroxyl groups excluding tert-OH is 1. The van der Waals surface area contributed by atoms with Crippen LogP contribution in [0.25, 0.3) is 0 Å². The van der Waals surface area contributed by atoms with Crippen LogP contribution in [0, 0.1) is 10.9 Å². The van der Waals surface area contributed by atoms with Crippen molar-refractivity contribution in [1.29, 1.82) is 0 Å². The summed E-state index contributed by atoms with van der Waals surface area (Å²) >= 11 is 6.91. The Bertz CT molecular complexity index is 943. The Labute approximate surface area is 205 Å². The fourth-order valence-corrected chi connectivity index (χ4v) is 4.59. The second-order valence-corrected chi connectivity index (χ2v) is 11.5. The molecule has 5 N–H and O–H groups in total. The Kier molecular flexibility index (Phi) is 10.4. The van der Waals surface area contributed by atoms with Gasteiger partial charge in [-0.2, -0.15) is 4.39 Å². The van der Waals surface area contributed by atoms with Gasteiger partial charge in [-0.1, -0.05) is 22.9 Å². The van der Waals surface area contributed by atoms with Crippen molar-refractivity contribution in [1.82, 2.24) is 15.6 Å². The molecular formula is C21H32ClF2N5O2S2. The number of halogens is 3. The fraction of sp³-hybridized carbons (Fsp3) is 0.571. The lowest BCUT2D eigenvalue weighted by Gasteiger charge is -2.32. The molecule has 0 radical (unpaired) electrons. The van der Waals surface area contributed by atoms with Crippen molar-refractivity contribution in [2.24, 2.45) is 0 Å². The number of unbranched alkanes of at least 4 members (excludes halogenated alkanes) is 1. The van der Waals surface area contributed by atoms with Gasteiger partial charge in [0.15, 0.2) is 21.2 Å². The van der Waals surface area contributed by atoms with Gasteiger partial charge in [-0.15, -0.1) is 0 Å². The summed E-state index contributed by atoms with van der Waals surface area (Å²) in [7, 11) is -1.96. The summed E-state index contributed by atoms with van der Waals surface area (Å²) in [5, 5.41) is 19.1. The van der Waals surface area contributed by atoms with E-state index in [1.807, 2.05) is 13.8 Å². The Balaban J connectivity index is 1.77. The highest BCUT2D eigenvalue weighted by Gasteiger charge is 2.22. The summed E-state index contributed by atoms with van der Waals surface area (Å²) < 4.78 is 42.3. The molecule has 0 saturated heterocycles. The van der Waals surface area contributed by atoms with Crippen molar-refractivity contribution in [2.45, 2.75) is 56.5 Å². The maximum Gasteiger partial charge on any atom is 0.198 e. The topological polar surface area (TPSA) is 98.3 Å². The van der Waals surface area contributed by atoms with Crippen molar-refractivity contribution in [2.75, 3.05) is 36.3 Å². The zero-order chi connectivity index (χ0) is 24.6. The summed E-state index contributed by atoms with van der Waals surface area (Å²) in [5.41, 5.74) is -0.0381. The molecule has 0 aliphatic rings. The van der Waals surface area contributed by atoms with Gasteiger partial charge in [0, 0.05) is 24.2 Å². The number of hydrogen-bond donors (Lipinski definition) is 5. The first kappa shape index (κ1) is 27.9. The maximum absolute atomic E-state index is 14.5. The highest BCUT2D eigenvalue weighted by atomic mass is 35.5. The van der Waals surface area contributed by atoms with Crippen LogP contribution in [0.4, 0.5) is 19.6 Å². The number of nitrogens with one attached hydrogen (secondary N) is 4. The fourth-order valence-electron chi connectivity index (χ4n) is 2.72. The van der Waals surface area contributed by atoms with Gasteiger partial charge in [0.1, 0.15) is 5.82 Å².